The summed E-state index contributed by atoms with van der Waals surface area (Å²) in [6, 6.07) is 12.6. The molecule has 1 saturated heterocycles. The third-order valence-corrected chi connectivity index (χ3v) is 7.22. The van der Waals surface area contributed by atoms with E-state index < -0.39 is 10.0 Å². The Bertz CT molecular complexity index is 1050. The van der Waals surface area contributed by atoms with Gasteiger partial charge in [0.25, 0.3) is 5.91 Å². The van der Waals surface area contributed by atoms with E-state index in [-0.39, 0.29) is 35.3 Å². The van der Waals surface area contributed by atoms with Gasteiger partial charge in [0, 0.05) is 51.6 Å². The summed E-state index contributed by atoms with van der Waals surface area (Å²) in [6.07, 6.45) is 3.59. The molecule has 0 radical (unpaired) electrons. The summed E-state index contributed by atoms with van der Waals surface area (Å²) < 4.78 is 38.1. The maximum Gasteiger partial charge on any atom is 0.253 e. The molecule has 1 fully saturated rings. The number of carbonyl (C=O) groups is 1. The zero-order valence-corrected chi connectivity index (χ0v) is 20.4. The van der Waals surface area contributed by atoms with E-state index in [1.165, 1.54) is 45.6 Å². The number of hydrogen-bond donors (Lipinski definition) is 1. The van der Waals surface area contributed by atoms with Gasteiger partial charge in [-0.15, -0.1) is 0 Å². The molecule has 0 atom stereocenters. The van der Waals surface area contributed by atoms with Crippen LogP contribution < -0.4 is 14.4 Å². The van der Waals surface area contributed by atoms with Gasteiger partial charge in [-0.2, -0.15) is 0 Å². The number of anilines is 1. The molecule has 0 saturated carbocycles. The normalized spacial score (nSPS) is 14.2. The first-order valence-corrected chi connectivity index (χ1v) is 12.6. The number of methoxy groups -OCH3 is 2. The fraction of sp³-hybridized carbons (Fsp3) is 0.458. The number of nitrogens with zero attached hydrogens (tertiary/aromatic N) is 2. The predicted molar refractivity (Wildman–Crippen MR) is 128 cm³/mol. The number of benzene rings is 2. The van der Waals surface area contributed by atoms with Crippen molar-refractivity contribution in [2.75, 3.05) is 52.4 Å². The number of amides is 1. The van der Waals surface area contributed by atoms with E-state index in [0.717, 1.165) is 24.3 Å². The fourth-order valence-corrected chi connectivity index (χ4v) is 5.22. The molecule has 2 aromatic carbocycles. The van der Waals surface area contributed by atoms with Crippen molar-refractivity contribution in [3.8, 4) is 5.75 Å². The van der Waals surface area contributed by atoms with E-state index in [9.17, 15) is 13.2 Å². The Morgan fingerprint density at radius 3 is 2.52 bits per heavy atom. The average Bonchev–Trinajstić information content (AvgIpc) is 2.84. The standard InChI is InChI=1S/C24H33N3O5S/c1-26(18-20-9-5-6-10-21(20)27-14-7-4-8-15-27)24(28)19-11-12-22(32-3)23(17-19)33(29,30)25-13-16-31-2/h5-6,9-12,17,25H,4,7-8,13-16,18H2,1-3H3. The minimum absolute atomic E-state index is 0.0749. The number of nitrogens with one attached hydrogen (secondary N) is 1. The largest absolute Gasteiger partial charge is 0.495 e. The second kappa shape index (κ2) is 11.5. The molecule has 0 aromatic heterocycles. The third-order valence-electron chi connectivity index (χ3n) is 5.74. The Hall–Kier alpha value is -2.62. The van der Waals surface area contributed by atoms with Gasteiger partial charge >= 0.3 is 0 Å². The summed E-state index contributed by atoms with van der Waals surface area (Å²) in [6.45, 7) is 2.81. The van der Waals surface area contributed by atoms with E-state index in [4.69, 9.17) is 9.47 Å². The lowest BCUT2D eigenvalue weighted by Crippen LogP contribution is -2.32. The minimum Gasteiger partial charge on any atom is -0.495 e. The Morgan fingerprint density at radius 1 is 1.09 bits per heavy atom. The van der Waals surface area contributed by atoms with Crippen LogP contribution in [0, 0.1) is 0 Å². The highest BCUT2D eigenvalue weighted by Crippen LogP contribution is 2.27. The molecule has 2 aromatic rings. The minimum atomic E-state index is -3.87. The van der Waals surface area contributed by atoms with Crippen LogP contribution >= 0.6 is 0 Å². The number of rotatable bonds is 10. The van der Waals surface area contributed by atoms with Crippen LogP contribution in [0.15, 0.2) is 47.4 Å². The number of sulfonamides is 1. The molecule has 3 rings (SSSR count). The third kappa shape index (κ3) is 6.25. The molecular formula is C24H33N3O5S. The lowest BCUT2D eigenvalue weighted by molar-refractivity contribution is 0.0785. The Kier molecular flexibility index (Phi) is 8.71. The molecule has 33 heavy (non-hydrogen) atoms. The van der Waals surface area contributed by atoms with Gasteiger partial charge in [0.15, 0.2) is 0 Å². The SMILES string of the molecule is COCCNS(=O)(=O)c1cc(C(=O)N(C)Cc2ccccc2N2CCCCC2)ccc1OC. The van der Waals surface area contributed by atoms with Gasteiger partial charge in [0.05, 0.1) is 13.7 Å². The number of ether oxygens (including phenoxy) is 2. The summed E-state index contributed by atoms with van der Waals surface area (Å²) in [7, 11) is 0.748. The van der Waals surface area contributed by atoms with E-state index in [0.29, 0.717) is 6.54 Å². The quantitative estimate of drug-likeness (QED) is 0.532. The average molecular weight is 476 g/mol. The summed E-state index contributed by atoms with van der Waals surface area (Å²) in [5, 5.41) is 0. The molecule has 0 aliphatic carbocycles. The van der Waals surface area contributed by atoms with E-state index >= 15 is 0 Å². The van der Waals surface area contributed by atoms with Crippen molar-refractivity contribution in [1.29, 1.82) is 0 Å². The molecule has 0 spiro atoms. The maximum atomic E-state index is 13.2. The first-order valence-electron chi connectivity index (χ1n) is 11.1. The van der Waals surface area contributed by atoms with Gasteiger partial charge in [0.2, 0.25) is 10.0 Å². The molecule has 180 valence electrons. The van der Waals surface area contributed by atoms with Crippen molar-refractivity contribution < 1.29 is 22.7 Å². The van der Waals surface area contributed by atoms with Crippen LogP contribution in [0.5, 0.6) is 5.75 Å². The van der Waals surface area contributed by atoms with Crippen molar-refractivity contribution >= 4 is 21.6 Å². The monoisotopic (exact) mass is 475 g/mol. The Balaban J connectivity index is 1.81. The molecule has 8 nitrogen and oxygen atoms in total. The smallest absolute Gasteiger partial charge is 0.253 e. The van der Waals surface area contributed by atoms with Crippen LogP contribution in [-0.2, 0) is 21.3 Å². The van der Waals surface area contributed by atoms with Crippen LogP contribution in [0.1, 0.15) is 35.2 Å². The highest BCUT2D eigenvalue weighted by atomic mass is 32.2. The maximum absolute atomic E-state index is 13.2. The first-order chi connectivity index (χ1) is 15.9. The van der Waals surface area contributed by atoms with E-state index in [1.54, 1.807) is 18.0 Å². The molecule has 1 aliphatic heterocycles. The van der Waals surface area contributed by atoms with Gasteiger partial charge in [0.1, 0.15) is 10.6 Å². The van der Waals surface area contributed by atoms with Crippen molar-refractivity contribution in [2.45, 2.75) is 30.7 Å². The van der Waals surface area contributed by atoms with Gasteiger partial charge in [-0.1, -0.05) is 18.2 Å². The second-order valence-electron chi connectivity index (χ2n) is 8.09. The van der Waals surface area contributed by atoms with Crippen LogP contribution in [0.2, 0.25) is 0 Å². The number of piperidine rings is 1. The number of hydrogen-bond acceptors (Lipinski definition) is 6. The topological polar surface area (TPSA) is 88.2 Å². The molecule has 1 heterocycles. The Morgan fingerprint density at radius 2 is 1.82 bits per heavy atom. The molecule has 9 heteroatoms. The van der Waals surface area contributed by atoms with Gasteiger partial charge in [-0.05, 0) is 49.1 Å². The van der Waals surface area contributed by atoms with E-state index in [1.807, 2.05) is 18.2 Å². The molecule has 1 amide bonds. The highest BCUT2D eigenvalue weighted by Gasteiger charge is 2.23. The number of carbonyl (C=O) groups excluding carboxylic acids is 1. The Labute approximate surface area is 196 Å². The summed E-state index contributed by atoms with van der Waals surface area (Å²) in [5.74, 6) is -0.0889. The van der Waals surface area contributed by atoms with Crippen molar-refractivity contribution in [2.24, 2.45) is 0 Å². The molecular weight excluding hydrogens is 442 g/mol. The fourth-order valence-electron chi connectivity index (χ4n) is 4.01. The van der Waals surface area contributed by atoms with Crippen molar-refractivity contribution in [3.05, 3.63) is 53.6 Å². The molecule has 0 unspecified atom stereocenters. The predicted octanol–water partition coefficient (Wildman–Crippen LogP) is 2.88. The van der Waals surface area contributed by atoms with Crippen molar-refractivity contribution in [3.63, 3.8) is 0 Å². The lowest BCUT2D eigenvalue weighted by atomic mass is 10.1. The van der Waals surface area contributed by atoms with Gasteiger partial charge in [-0.3, -0.25) is 4.79 Å². The number of para-hydroxylation sites is 1. The van der Waals surface area contributed by atoms with Crippen molar-refractivity contribution in [1.82, 2.24) is 9.62 Å². The first kappa shape index (κ1) is 25.0. The van der Waals surface area contributed by atoms with Gasteiger partial charge in [-0.25, -0.2) is 13.1 Å². The molecule has 1 aliphatic rings. The summed E-state index contributed by atoms with van der Waals surface area (Å²) in [4.78, 5) is 17.1. The summed E-state index contributed by atoms with van der Waals surface area (Å²) in [5.41, 5.74) is 2.50. The van der Waals surface area contributed by atoms with Crippen LogP contribution in [0.4, 0.5) is 5.69 Å². The highest BCUT2D eigenvalue weighted by molar-refractivity contribution is 7.89. The second-order valence-corrected chi connectivity index (χ2v) is 9.83. The van der Waals surface area contributed by atoms with Crippen LogP contribution in [0.3, 0.4) is 0 Å². The lowest BCUT2D eigenvalue weighted by Gasteiger charge is -2.31. The van der Waals surface area contributed by atoms with E-state index in [2.05, 4.69) is 15.7 Å². The molecule has 0 bridgehead atoms. The zero-order chi connectivity index (χ0) is 23.8. The van der Waals surface area contributed by atoms with Crippen LogP contribution in [0.25, 0.3) is 0 Å². The van der Waals surface area contributed by atoms with Gasteiger partial charge < -0.3 is 19.3 Å². The summed E-state index contributed by atoms with van der Waals surface area (Å²) >= 11 is 0. The molecule has 1 N–H and O–H groups in total. The zero-order valence-electron chi connectivity index (χ0n) is 19.5. The van der Waals surface area contributed by atoms with Crippen LogP contribution in [-0.4, -0.2) is 66.7 Å².